The van der Waals surface area contributed by atoms with E-state index in [1.165, 1.54) is 11.9 Å². The monoisotopic (exact) mass is 448 g/mol. The predicted octanol–water partition coefficient (Wildman–Crippen LogP) is 2.84. The van der Waals surface area contributed by atoms with Gasteiger partial charge in [-0.3, -0.25) is 4.90 Å². The molecule has 0 aromatic carbocycles. The molecule has 0 spiro atoms. The number of hydrogen-bond acceptors (Lipinski definition) is 3. The summed E-state index contributed by atoms with van der Waals surface area (Å²) in [4.78, 5) is 5.60. The third kappa shape index (κ3) is 11.2. The van der Waals surface area contributed by atoms with E-state index in [2.05, 4.69) is 15.6 Å². The molecular formula is C14H24F3IN4O. The van der Waals surface area contributed by atoms with Gasteiger partial charge in [-0.15, -0.1) is 24.0 Å². The summed E-state index contributed by atoms with van der Waals surface area (Å²) in [5.41, 5.74) is 0. The smallest absolute Gasteiger partial charge is 0.401 e. The van der Waals surface area contributed by atoms with Crippen molar-refractivity contribution in [2.24, 2.45) is 4.99 Å². The van der Waals surface area contributed by atoms with Gasteiger partial charge in [0.1, 0.15) is 12.3 Å². The highest BCUT2D eigenvalue weighted by atomic mass is 127. The Bertz CT molecular complexity index is 438. The van der Waals surface area contributed by atoms with Gasteiger partial charge in [0.05, 0.1) is 12.8 Å². The molecule has 0 fully saturated rings. The maximum absolute atomic E-state index is 12.2. The van der Waals surface area contributed by atoms with E-state index in [4.69, 9.17) is 4.42 Å². The Morgan fingerprint density at radius 3 is 2.65 bits per heavy atom. The van der Waals surface area contributed by atoms with Crippen LogP contribution in [0.1, 0.15) is 19.1 Å². The first-order valence-electron chi connectivity index (χ1n) is 7.20. The molecule has 1 aromatic heterocycles. The summed E-state index contributed by atoms with van der Waals surface area (Å²) in [5.74, 6) is 1.37. The van der Waals surface area contributed by atoms with Gasteiger partial charge in [-0.05, 0) is 39.1 Å². The van der Waals surface area contributed by atoms with E-state index in [0.717, 1.165) is 5.76 Å². The molecule has 9 heteroatoms. The van der Waals surface area contributed by atoms with Crippen LogP contribution < -0.4 is 10.6 Å². The molecule has 0 unspecified atom stereocenters. The quantitative estimate of drug-likeness (QED) is 0.278. The lowest BCUT2D eigenvalue weighted by Gasteiger charge is -2.18. The van der Waals surface area contributed by atoms with Crippen molar-refractivity contribution in [1.82, 2.24) is 15.5 Å². The number of furan rings is 1. The second-order valence-corrected chi connectivity index (χ2v) is 4.91. The van der Waals surface area contributed by atoms with Crippen molar-refractivity contribution in [2.45, 2.75) is 26.1 Å². The number of halogens is 4. The van der Waals surface area contributed by atoms with E-state index >= 15 is 0 Å². The number of alkyl halides is 3. The van der Waals surface area contributed by atoms with Crippen LogP contribution in [0.15, 0.2) is 27.8 Å². The first-order valence-corrected chi connectivity index (χ1v) is 7.20. The van der Waals surface area contributed by atoms with Crippen LogP contribution in [0.4, 0.5) is 13.2 Å². The van der Waals surface area contributed by atoms with E-state index in [1.807, 2.05) is 13.0 Å². The lowest BCUT2D eigenvalue weighted by atomic mass is 10.4. The van der Waals surface area contributed by atoms with Crippen molar-refractivity contribution < 1.29 is 17.6 Å². The van der Waals surface area contributed by atoms with E-state index in [9.17, 15) is 13.2 Å². The van der Waals surface area contributed by atoms with Crippen molar-refractivity contribution in [3.05, 3.63) is 24.2 Å². The van der Waals surface area contributed by atoms with Gasteiger partial charge in [0.25, 0.3) is 0 Å². The summed E-state index contributed by atoms with van der Waals surface area (Å²) in [5, 5.41) is 6.17. The molecule has 1 heterocycles. The van der Waals surface area contributed by atoms with Gasteiger partial charge in [-0.25, -0.2) is 4.99 Å². The van der Waals surface area contributed by atoms with E-state index < -0.39 is 12.7 Å². The fourth-order valence-electron chi connectivity index (χ4n) is 1.84. The lowest BCUT2D eigenvalue weighted by molar-refractivity contribution is -0.143. The Labute approximate surface area is 151 Å². The Hall–Kier alpha value is -0.970. The number of guanidine groups is 1. The topological polar surface area (TPSA) is 52.8 Å². The van der Waals surface area contributed by atoms with Crippen LogP contribution in [0.2, 0.25) is 0 Å². The summed E-state index contributed by atoms with van der Waals surface area (Å²) >= 11 is 0. The zero-order valence-corrected chi connectivity index (χ0v) is 15.6. The fourth-order valence-corrected chi connectivity index (χ4v) is 1.84. The van der Waals surface area contributed by atoms with Gasteiger partial charge < -0.3 is 15.1 Å². The number of aliphatic imine (C=N–C) groups is 1. The fraction of sp³-hybridized carbons (Fsp3) is 0.643. The molecule has 1 rings (SSSR count). The van der Waals surface area contributed by atoms with Crippen LogP contribution in [0, 0.1) is 0 Å². The summed E-state index contributed by atoms with van der Waals surface area (Å²) in [6, 6.07) is 3.63. The van der Waals surface area contributed by atoms with Crippen LogP contribution >= 0.6 is 24.0 Å². The van der Waals surface area contributed by atoms with Crippen LogP contribution in [-0.2, 0) is 6.54 Å². The van der Waals surface area contributed by atoms with Crippen LogP contribution in [-0.4, -0.2) is 50.3 Å². The molecule has 134 valence electrons. The zero-order chi connectivity index (χ0) is 16.4. The van der Waals surface area contributed by atoms with Crippen molar-refractivity contribution in [3.63, 3.8) is 0 Å². The first-order chi connectivity index (χ1) is 10.4. The third-order valence-electron chi connectivity index (χ3n) is 2.78. The lowest BCUT2D eigenvalue weighted by Crippen LogP contribution is -2.39. The molecule has 1 aromatic rings. The Kier molecular flexibility index (Phi) is 11.1. The van der Waals surface area contributed by atoms with E-state index in [-0.39, 0.29) is 24.0 Å². The van der Waals surface area contributed by atoms with Crippen LogP contribution in [0.3, 0.4) is 0 Å². The highest BCUT2D eigenvalue weighted by Crippen LogP contribution is 2.15. The molecule has 0 saturated carbocycles. The Balaban J connectivity index is 0.00000484. The molecule has 0 saturated heterocycles. The van der Waals surface area contributed by atoms with Crippen molar-refractivity contribution >= 4 is 29.9 Å². The third-order valence-corrected chi connectivity index (χ3v) is 2.78. The predicted molar refractivity (Wildman–Crippen MR) is 95.1 cm³/mol. The van der Waals surface area contributed by atoms with Gasteiger partial charge in [0, 0.05) is 13.1 Å². The number of hydrogen-bond donors (Lipinski definition) is 2. The molecule has 0 aliphatic rings. The maximum Gasteiger partial charge on any atom is 0.401 e. The number of nitrogens with one attached hydrogen (secondary N) is 2. The Morgan fingerprint density at radius 2 is 2.09 bits per heavy atom. The Morgan fingerprint density at radius 1 is 1.35 bits per heavy atom. The molecule has 5 nitrogen and oxygen atoms in total. The summed E-state index contributed by atoms with van der Waals surface area (Å²) in [6.45, 7) is 3.09. The van der Waals surface area contributed by atoms with Crippen molar-refractivity contribution in [3.8, 4) is 0 Å². The second kappa shape index (κ2) is 11.5. The molecule has 0 aliphatic carbocycles. The molecule has 2 N–H and O–H groups in total. The van der Waals surface area contributed by atoms with E-state index in [0.29, 0.717) is 38.6 Å². The minimum atomic E-state index is -4.15. The minimum Gasteiger partial charge on any atom is -0.467 e. The first kappa shape index (κ1) is 22.0. The van der Waals surface area contributed by atoms with Crippen LogP contribution in [0.5, 0.6) is 0 Å². The highest BCUT2D eigenvalue weighted by Gasteiger charge is 2.28. The number of nitrogens with zero attached hydrogens (tertiary/aromatic N) is 2. The summed E-state index contributed by atoms with van der Waals surface area (Å²) in [7, 11) is 1.46. The SMILES string of the molecule is CCNC(=NCc1ccco1)NCCCN(C)CC(F)(F)F.I. The van der Waals surface area contributed by atoms with Gasteiger partial charge >= 0.3 is 6.18 Å². The number of rotatable bonds is 8. The molecule has 0 amide bonds. The molecule has 0 atom stereocenters. The normalized spacial score (nSPS) is 12.2. The second-order valence-electron chi connectivity index (χ2n) is 4.91. The van der Waals surface area contributed by atoms with E-state index in [1.54, 1.807) is 12.3 Å². The minimum absolute atomic E-state index is 0. The molecular weight excluding hydrogens is 424 g/mol. The average Bonchev–Trinajstić information content (AvgIpc) is 2.92. The summed E-state index contributed by atoms with van der Waals surface area (Å²) in [6.07, 6.45) is -1.97. The van der Waals surface area contributed by atoms with Gasteiger partial charge in [0.15, 0.2) is 5.96 Å². The molecule has 0 aliphatic heterocycles. The standard InChI is InChI=1S/C14H23F3N4O.HI/c1-3-18-13(20-10-12-6-4-9-22-12)19-7-5-8-21(2)11-14(15,16)17;/h4,6,9H,3,5,7-8,10-11H2,1-2H3,(H2,18,19,20);1H. The van der Waals surface area contributed by atoms with Gasteiger partial charge in [-0.2, -0.15) is 13.2 Å². The maximum atomic E-state index is 12.2. The van der Waals surface area contributed by atoms with Crippen molar-refractivity contribution in [1.29, 1.82) is 0 Å². The van der Waals surface area contributed by atoms with Crippen LogP contribution in [0.25, 0.3) is 0 Å². The molecule has 0 bridgehead atoms. The highest BCUT2D eigenvalue weighted by molar-refractivity contribution is 14.0. The molecule has 0 radical (unpaired) electrons. The summed E-state index contributed by atoms with van der Waals surface area (Å²) < 4.78 is 41.7. The average molecular weight is 448 g/mol. The zero-order valence-electron chi connectivity index (χ0n) is 13.3. The largest absolute Gasteiger partial charge is 0.467 e. The van der Waals surface area contributed by atoms with Crippen molar-refractivity contribution in [2.75, 3.05) is 33.2 Å². The van der Waals surface area contributed by atoms with Gasteiger partial charge in [0.2, 0.25) is 0 Å². The van der Waals surface area contributed by atoms with Gasteiger partial charge in [-0.1, -0.05) is 0 Å². The molecule has 23 heavy (non-hydrogen) atoms.